The van der Waals surface area contributed by atoms with Crippen LogP contribution in [-0.4, -0.2) is 35.0 Å². The number of rotatable bonds is 4. The number of likely N-dealkylation sites (tertiary alicyclic amines) is 1. The van der Waals surface area contributed by atoms with E-state index in [1.807, 2.05) is 12.1 Å². The minimum Gasteiger partial charge on any atom is -0.335 e. The van der Waals surface area contributed by atoms with Gasteiger partial charge in [0.05, 0.1) is 5.69 Å². The van der Waals surface area contributed by atoms with Crippen molar-refractivity contribution < 1.29 is 9.18 Å². The Labute approximate surface area is 163 Å². The van der Waals surface area contributed by atoms with Crippen LogP contribution in [0.4, 0.5) is 14.3 Å². The van der Waals surface area contributed by atoms with Crippen molar-refractivity contribution in [2.75, 3.05) is 18.4 Å². The standard InChI is InChI=1S/C20H25FN4OS/c21-15-7-5-14(6-8-15)13-25-11-9-16(10-12-25)22-19(26)24-20-23-17-3-1-2-4-18(17)27-20/h5-8,16H,1-4,9-13H2,(H2,22,23,24,26). The molecule has 1 aromatic carbocycles. The number of carbonyl (C=O) groups excluding carboxylic acids is 1. The molecule has 1 saturated heterocycles. The lowest BCUT2D eigenvalue weighted by Crippen LogP contribution is -2.45. The molecule has 1 fully saturated rings. The number of carbonyl (C=O) groups is 1. The van der Waals surface area contributed by atoms with E-state index >= 15 is 0 Å². The molecule has 2 aliphatic rings. The normalized spacial score (nSPS) is 18.1. The number of fused-ring (bicyclic) bond motifs is 1. The molecule has 0 saturated carbocycles. The third-order valence-corrected chi connectivity index (χ3v) is 6.38. The zero-order valence-electron chi connectivity index (χ0n) is 15.3. The number of piperidine rings is 1. The van der Waals surface area contributed by atoms with Crippen LogP contribution in [0.15, 0.2) is 24.3 Å². The molecule has 1 aliphatic heterocycles. The molecule has 0 radical (unpaired) electrons. The molecule has 0 atom stereocenters. The van der Waals surface area contributed by atoms with Crippen LogP contribution in [-0.2, 0) is 19.4 Å². The fourth-order valence-electron chi connectivity index (χ4n) is 3.81. The van der Waals surface area contributed by atoms with Crippen molar-refractivity contribution >= 4 is 22.5 Å². The Morgan fingerprint density at radius 1 is 1.19 bits per heavy atom. The fourth-order valence-corrected chi connectivity index (χ4v) is 4.85. The maximum absolute atomic E-state index is 13.0. The summed E-state index contributed by atoms with van der Waals surface area (Å²) in [5, 5.41) is 6.71. The van der Waals surface area contributed by atoms with E-state index in [2.05, 4.69) is 20.5 Å². The highest BCUT2D eigenvalue weighted by Crippen LogP contribution is 2.29. The first-order valence-electron chi connectivity index (χ1n) is 9.68. The molecule has 2 aromatic rings. The van der Waals surface area contributed by atoms with Gasteiger partial charge in [0.15, 0.2) is 5.13 Å². The number of anilines is 1. The van der Waals surface area contributed by atoms with E-state index < -0.39 is 0 Å². The summed E-state index contributed by atoms with van der Waals surface area (Å²) in [4.78, 5) is 20.5. The zero-order valence-corrected chi connectivity index (χ0v) is 16.2. The van der Waals surface area contributed by atoms with E-state index in [0.717, 1.165) is 56.6 Å². The zero-order chi connectivity index (χ0) is 18.6. The van der Waals surface area contributed by atoms with Crippen molar-refractivity contribution in [3.8, 4) is 0 Å². The van der Waals surface area contributed by atoms with E-state index in [0.29, 0.717) is 5.13 Å². The van der Waals surface area contributed by atoms with Crippen LogP contribution in [0.5, 0.6) is 0 Å². The Hall–Kier alpha value is -1.99. The monoisotopic (exact) mass is 388 g/mol. The van der Waals surface area contributed by atoms with Crippen molar-refractivity contribution in [2.45, 2.75) is 51.1 Å². The molecule has 2 N–H and O–H groups in total. The molecule has 1 aromatic heterocycles. The number of amides is 2. The van der Waals surface area contributed by atoms with Gasteiger partial charge in [0.1, 0.15) is 5.82 Å². The second-order valence-electron chi connectivity index (χ2n) is 7.37. The first-order chi connectivity index (χ1) is 13.2. The average Bonchev–Trinajstić information content (AvgIpc) is 3.07. The number of hydrogen-bond donors (Lipinski definition) is 2. The molecule has 27 heavy (non-hydrogen) atoms. The predicted molar refractivity (Wildman–Crippen MR) is 106 cm³/mol. The molecule has 0 spiro atoms. The summed E-state index contributed by atoms with van der Waals surface area (Å²) in [6.07, 6.45) is 6.37. The number of halogens is 1. The van der Waals surface area contributed by atoms with Gasteiger partial charge in [-0.15, -0.1) is 11.3 Å². The average molecular weight is 389 g/mol. The smallest absolute Gasteiger partial charge is 0.321 e. The quantitative estimate of drug-likeness (QED) is 0.834. The third-order valence-electron chi connectivity index (χ3n) is 5.31. The number of benzene rings is 1. The van der Waals surface area contributed by atoms with E-state index in [-0.39, 0.29) is 17.9 Å². The van der Waals surface area contributed by atoms with Crippen LogP contribution in [0.1, 0.15) is 41.8 Å². The van der Waals surface area contributed by atoms with Crippen molar-refractivity contribution in [2.24, 2.45) is 0 Å². The Bertz CT molecular complexity index is 760. The SMILES string of the molecule is O=C(Nc1nc2c(s1)CCCC2)NC1CCN(Cc2ccc(F)cc2)CC1. The van der Waals surface area contributed by atoms with Crippen LogP contribution in [0.3, 0.4) is 0 Å². The first kappa shape index (κ1) is 18.4. The summed E-state index contributed by atoms with van der Waals surface area (Å²) in [7, 11) is 0. The second-order valence-corrected chi connectivity index (χ2v) is 8.45. The van der Waals surface area contributed by atoms with Crippen LogP contribution in [0, 0.1) is 5.82 Å². The third kappa shape index (κ3) is 4.84. The highest BCUT2D eigenvalue weighted by atomic mass is 32.1. The van der Waals surface area contributed by atoms with Crippen molar-refractivity contribution in [3.05, 3.63) is 46.2 Å². The maximum Gasteiger partial charge on any atom is 0.321 e. The Morgan fingerprint density at radius 3 is 2.67 bits per heavy atom. The van der Waals surface area contributed by atoms with Gasteiger partial charge in [0.2, 0.25) is 0 Å². The van der Waals surface area contributed by atoms with Gasteiger partial charge >= 0.3 is 6.03 Å². The van der Waals surface area contributed by atoms with Gasteiger partial charge in [-0.05, 0) is 56.2 Å². The van der Waals surface area contributed by atoms with Gasteiger partial charge in [-0.25, -0.2) is 14.2 Å². The predicted octanol–water partition coefficient (Wildman–Crippen LogP) is 3.95. The largest absolute Gasteiger partial charge is 0.335 e. The Balaban J connectivity index is 1.22. The number of nitrogens with one attached hydrogen (secondary N) is 2. The van der Waals surface area contributed by atoms with Gasteiger partial charge in [0.25, 0.3) is 0 Å². The minimum absolute atomic E-state index is 0.155. The topological polar surface area (TPSA) is 57.3 Å². The van der Waals surface area contributed by atoms with Crippen molar-refractivity contribution in [1.29, 1.82) is 0 Å². The molecule has 7 heteroatoms. The number of aromatic nitrogens is 1. The molecular weight excluding hydrogens is 363 g/mol. The summed E-state index contributed by atoms with van der Waals surface area (Å²) < 4.78 is 13.0. The second kappa shape index (κ2) is 8.35. The van der Waals surface area contributed by atoms with Crippen LogP contribution in [0.25, 0.3) is 0 Å². The van der Waals surface area contributed by atoms with E-state index in [9.17, 15) is 9.18 Å². The maximum atomic E-state index is 13.0. The van der Waals surface area contributed by atoms with Gasteiger partial charge in [-0.1, -0.05) is 12.1 Å². The highest BCUT2D eigenvalue weighted by molar-refractivity contribution is 7.15. The molecule has 4 rings (SSSR count). The highest BCUT2D eigenvalue weighted by Gasteiger charge is 2.22. The minimum atomic E-state index is -0.200. The van der Waals surface area contributed by atoms with Gasteiger partial charge in [-0.2, -0.15) is 0 Å². The summed E-state index contributed by atoms with van der Waals surface area (Å²) in [5.74, 6) is -0.200. The molecule has 2 amide bonds. The molecule has 2 heterocycles. The van der Waals surface area contributed by atoms with Crippen LogP contribution in [0.2, 0.25) is 0 Å². The van der Waals surface area contributed by atoms with Crippen LogP contribution < -0.4 is 10.6 Å². The van der Waals surface area contributed by atoms with E-state index in [4.69, 9.17) is 0 Å². The van der Waals surface area contributed by atoms with Gasteiger partial charge in [-0.3, -0.25) is 10.2 Å². The van der Waals surface area contributed by atoms with E-state index in [1.165, 1.54) is 29.9 Å². The lowest BCUT2D eigenvalue weighted by atomic mass is 10.0. The summed E-state index contributed by atoms with van der Waals surface area (Å²) in [6.45, 7) is 2.67. The summed E-state index contributed by atoms with van der Waals surface area (Å²) in [5.41, 5.74) is 2.28. The molecule has 0 unspecified atom stereocenters. The molecular formula is C20H25FN4OS. The molecule has 144 valence electrons. The molecule has 1 aliphatic carbocycles. The fraction of sp³-hybridized carbons (Fsp3) is 0.500. The lowest BCUT2D eigenvalue weighted by Gasteiger charge is -2.32. The number of urea groups is 1. The Kier molecular flexibility index (Phi) is 5.69. The number of hydrogen-bond acceptors (Lipinski definition) is 4. The summed E-state index contributed by atoms with van der Waals surface area (Å²) in [6, 6.07) is 6.71. The molecule has 5 nitrogen and oxygen atoms in total. The summed E-state index contributed by atoms with van der Waals surface area (Å²) >= 11 is 1.61. The van der Waals surface area contributed by atoms with E-state index in [1.54, 1.807) is 11.3 Å². The Morgan fingerprint density at radius 2 is 1.93 bits per heavy atom. The number of aryl methyl sites for hydroxylation is 2. The van der Waals surface area contributed by atoms with Gasteiger partial charge < -0.3 is 5.32 Å². The number of nitrogens with zero attached hydrogens (tertiary/aromatic N) is 2. The van der Waals surface area contributed by atoms with Crippen molar-refractivity contribution in [1.82, 2.24) is 15.2 Å². The number of thiazole rings is 1. The molecule has 0 bridgehead atoms. The van der Waals surface area contributed by atoms with Crippen molar-refractivity contribution in [3.63, 3.8) is 0 Å². The first-order valence-corrected chi connectivity index (χ1v) is 10.5. The van der Waals surface area contributed by atoms with Crippen LogP contribution >= 0.6 is 11.3 Å². The lowest BCUT2D eigenvalue weighted by molar-refractivity contribution is 0.190. The van der Waals surface area contributed by atoms with Gasteiger partial charge in [0, 0.05) is 30.6 Å².